The highest BCUT2D eigenvalue weighted by Gasteiger charge is 2.07. The Balaban J connectivity index is 1.89. The molecule has 1 aromatic heterocycles. The minimum atomic E-state index is -0.170. The second-order valence-electron chi connectivity index (χ2n) is 4.55. The Kier molecular flexibility index (Phi) is 3.85. The van der Waals surface area contributed by atoms with Gasteiger partial charge in [0.15, 0.2) is 0 Å². The Morgan fingerprint density at radius 1 is 1.26 bits per heavy atom. The van der Waals surface area contributed by atoms with E-state index in [2.05, 4.69) is 21.9 Å². The number of aromatic nitrogens is 1. The molecule has 0 aliphatic rings. The Morgan fingerprint density at radius 3 is 2.68 bits per heavy atom. The van der Waals surface area contributed by atoms with E-state index in [-0.39, 0.29) is 12.5 Å². The minimum Gasteiger partial charge on any atom is -0.376 e. The van der Waals surface area contributed by atoms with Crippen molar-refractivity contribution in [3.05, 3.63) is 41.1 Å². The van der Waals surface area contributed by atoms with Gasteiger partial charge in [0.25, 0.3) is 0 Å². The van der Waals surface area contributed by atoms with Crippen LogP contribution in [0.5, 0.6) is 0 Å². The molecule has 0 aliphatic carbocycles. The summed E-state index contributed by atoms with van der Waals surface area (Å²) in [6, 6.07) is 7.72. The van der Waals surface area contributed by atoms with Gasteiger partial charge in [-0.3, -0.25) is 10.1 Å². The standard InChI is InChI=1S/C14H17N3O2/c1-9-4-5-12(10(2)6-9)15-8-13(18)16-14-7-11(3)17-19-14/h4-7,15H,8H2,1-3H3,(H,16,18). The Bertz CT molecular complexity index is 590. The third-order valence-corrected chi connectivity index (χ3v) is 2.71. The number of carbonyl (C=O) groups excluding carboxylic acids is 1. The third-order valence-electron chi connectivity index (χ3n) is 2.71. The number of anilines is 2. The fourth-order valence-corrected chi connectivity index (χ4v) is 1.79. The molecule has 0 aliphatic heterocycles. The van der Waals surface area contributed by atoms with Crippen LogP contribution in [0.3, 0.4) is 0 Å². The average molecular weight is 259 g/mol. The molecule has 1 amide bonds. The zero-order chi connectivity index (χ0) is 13.8. The van der Waals surface area contributed by atoms with Crippen LogP contribution in [0.25, 0.3) is 0 Å². The van der Waals surface area contributed by atoms with E-state index < -0.39 is 0 Å². The number of rotatable bonds is 4. The van der Waals surface area contributed by atoms with Crippen molar-refractivity contribution in [3.63, 3.8) is 0 Å². The van der Waals surface area contributed by atoms with E-state index in [0.29, 0.717) is 5.88 Å². The molecule has 0 atom stereocenters. The van der Waals surface area contributed by atoms with Crippen LogP contribution < -0.4 is 10.6 Å². The fraction of sp³-hybridized carbons (Fsp3) is 0.286. The van der Waals surface area contributed by atoms with Crippen molar-refractivity contribution in [3.8, 4) is 0 Å². The number of nitrogens with zero attached hydrogens (tertiary/aromatic N) is 1. The first-order valence-electron chi connectivity index (χ1n) is 6.09. The summed E-state index contributed by atoms with van der Waals surface area (Å²) in [5.74, 6) is 0.195. The zero-order valence-electron chi connectivity index (χ0n) is 11.3. The van der Waals surface area contributed by atoms with Crippen LogP contribution in [0.4, 0.5) is 11.6 Å². The number of nitrogens with one attached hydrogen (secondary N) is 2. The first kappa shape index (κ1) is 13.1. The third kappa shape index (κ3) is 3.58. The quantitative estimate of drug-likeness (QED) is 0.885. The molecular formula is C14H17N3O2. The molecule has 0 unspecified atom stereocenters. The van der Waals surface area contributed by atoms with E-state index >= 15 is 0 Å². The maximum absolute atomic E-state index is 11.7. The van der Waals surface area contributed by atoms with Crippen molar-refractivity contribution in [1.82, 2.24) is 5.16 Å². The van der Waals surface area contributed by atoms with Crippen LogP contribution in [0, 0.1) is 20.8 Å². The van der Waals surface area contributed by atoms with Crippen LogP contribution in [0.2, 0.25) is 0 Å². The van der Waals surface area contributed by atoms with Crippen LogP contribution in [-0.2, 0) is 4.79 Å². The maximum atomic E-state index is 11.7. The summed E-state index contributed by atoms with van der Waals surface area (Å²) in [5, 5.41) is 9.43. The van der Waals surface area contributed by atoms with Crippen LogP contribution >= 0.6 is 0 Å². The van der Waals surface area contributed by atoms with Gasteiger partial charge < -0.3 is 9.84 Å². The predicted molar refractivity (Wildman–Crippen MR) is 74.3 cm³/mol. The van der Waals surface area contributed by atoms with Gasteiger partial charge in [-0.2, -0.15) is 0 Å². The second kappa shape index (κ2) is 5.56. The highest BCUT2D eigenvalue weighted by atomic mass is 16.5. The number of benzene rings is 1. The number of hydrogen-bond acceptors (Lipinski definition) is 4. The summed E-state index contributed by atoms with van der Waals surface area (Å²) in [6.45, 7) is 6.03. The highest BCUT2D eigenvalue weighted by molar-refractivity contribution is 5.92. The number of hydrogen-bond donors (Lipinski definition) is 2. The summed E-state index contributed by atoms with van der Waals surface area (Å²) in [4.78, 5) is 11.7. The smallest absolute Gasteiger partial charge is 0.246 e. The van der Waals surface area contributed by atoms with Crippen LogP contribution in [0.15, 0.2) is 28.8 Å². The van der Waals surface area contributed by atoms with Gasteiger partial charge in [0.2, 0.25) is 11.8 Å². The van der Waals surface area contributed by atoms with Crippen LogP contribution in [-0.4, -0.2) is 17.6 Å². The normalized spacial score (nSPS) is 10.3. The Labute approximate surface area is 112 Å². The zero-order valence-corrected chi connectivity index (χ0v) is 11.3. The molecule has 19 heavy (non-hydrogen) atoms. The van der Waals surface area contributed by atoms with Gasteiger partial charge in [-0.25, -0.2) is 0 Å². The molecule has 5 heteroatoms. The molecule has 2 aromatic rings. The predicted octanol–water partition coefficient (Wildman–Crippen LogP) is 2.65. The van der Waals surface area contributed by atoms with Crippen molar-refractivity contribution in [2.24, 2.45) is 0 Å². The molecule has 0 radical (unpaired) electrons. The van der Waals surface area contributed by atoms with E-state index in [1.807, 2.05) is 26.0 Å². The van der Waals surface area contributed by atoms with Gasteiger partial charge in [-0.15, -0.1) is 0 Å². The first-order chi connectivity index (χ1) is 9.04. The molecule has 100 valence electrons. The summed E-state index contributed by atoms with van der Waals surface area (Å²) < 4.78 is 4.92. The Morgan fingerprint density at radius 2 is 2.05 bits per heavy atom. The topological polar surface area (TPSA) is 67.2 Å². The van der Waals surface area contributed by atoms with Gasteiger partial charge >= 0.3 is 0 Å². The number of aryl methyl sites for hydroxylation is 3. The van der Waals surface area contributed by atoms with Crippen molar-refractivity contribution in [2.45, 2.75) is 20.8 Å². The number of carbonyl (C=O) groups is 1. The lowest BCUT2D eigenvalue weighted by Crippen LogP contribution is -2.21. The van der Waals surface area contributed by atoms with E-state index in [9.17, 15) is 4.79 Å². The summed E-state index contributed by atoms with van der Waals surface area (Å²) >= 11 is 0. The molecule has 2 N–H and O–H groups in total. The van der Waals surface area contributed by atoms with E-state index in [0.717, 1.165) is 16.9 Å². The monoisotopic (exact) mass is 259 g/mol. The SMILES string of the molecule is Cc1ccc(NCC(=O)Nc2cc(C)no2)c(C)c1. The van der Waals surface area contributed by atoms with Crippen molar-refractivity contribution in [1.29, 1.82) is 0 Å². The molecule has 1 aromatic carbocycles. The van der Waals surface area contributed by atoms with Gasteiger partial charge in [0, 0.05) is 11.8 Å². The maximum Gasteiger partial charge on any atom is 0.246 e. The Hall–Kier alpha value is -2.30. The summed E-state index contributed by atoms with van der Waals surface area (Å²) in [6.07, 6.45) is 0. The summed E-state index contributed by atoms with van der Waals surface area (Å²) in [5.41, 5.74) is 4.00. The van der Waals surface area contributed by atoms with Crippen molar-refractivity contribution < 1.29 is 9.32 Å². The first-order valence-corrected chi connectivity index (χ1v) is 6.09. The minimum absolute atomic E-state index is 0.170. The van der Waals surface area contributed by atoms with Crippen LogP contribution in [0.1, 0.15) is 16.8 Å². The lowest BCUT2D eigenvalue weighted by atomic mass is 10.1. The van der Waals surface area contributed by atoms with Gasteiger partial charge in [0.1, 0.15) is 0 Å². The molecule has 0 fully saturated rings. The molecule has 0 saturated carbocycles. The van der Waals surface area contributed by atoms with Crippen molar-refractivity contribution in [2.75, 3.05) is 17.2 Å². The largest absolute Gasteiger partial charge is 0.376 e. The van der Waals surface area contributed by atoms with E-state index in [4.69, 9.17) is 4.52 Å². The molecule has 0 spiro atoms. The molecule has 0 saturated heterocycles. The number of amides is 1. The average Bonchev–Trinajstić information content (AvgIpc) is 2.73. The summed E-state index contributed by atoms with van der Waals surface area (Å²) in [7, 11) is 0. The van der Waals surface area contributed by atoms with E-state index in [1.165, 1.54) is 5.56 Å². The fourth-order valence-electron chi connectivity index (χ4n) is 1.79. The van der Waals surface area contributed by atoms with Gasteiger partial charge in [-0.05, 0) is 32.4 Å². The van der Waals surface area contributed by atoms with E-state index in [1.54, 1.807) is 13.0 Å². The van der Waals surface area contributed by atoms with Gasteiger partial charge in [0.05, 0.1) is 12.2 Å². The van der Waals surface area contributed by atoms with Crippen molar-refractivity contribution >= 4 is 17.5 Å². The second-order valence-corrected chi connectivity index (χ2v) is 4.55. The molecule has 1 heterocycles. The lowest BCUT2D eigenvalue weighted by molar-refractivity contribution is -0.114. The molecular weight excluding hydrogens is 242 g/mol. The molecule has 5 nitrogen and oxygen atoms in total. The lowest BCUT2D eigenvalue weighted by Gasteiger charge is -2.09. The van der Waals surface area contributed by atoms with Gasteiger partial charge in [-0.1, -0.05) is 22.9 Å². The molecule has 0 bridgehead atoms. The molecule has 2 rings (SSSR count). The highest BCUT2D eigenvalue weighted by Crippen LogP contribution is 2.15.